The summed E-state index contributed by atoms with van der Waals surface area (Å²) in [5.74, 6) is 1.22. The van der Waals surface area contributed by atoms with E-state index in [1.807, 2.05) is 12.1 Å². The Kier molecular flexibility index (Phi) is 6.70. The Labute approximate surface area is 210 Å². The molecule has 0 saturated carbocycles. The second-order valence-corrected chi connectivity index (χ2v) is 8.80. The first-order valence-corrected chi connectivity index (χ1v) is 11.6. The third-order valence-electron chi connectivity index (χ3n) is 6.10. The van der Waals surface area contributed by atoms with Crippen molar-refractivity contribution in [1.29, 1.82) is 0 Å². The number of ether oxygens (including phenoxy) is 1. The van der Waals surface area contributed by atoms with Crippen LogP contribution in [0.25, 0.3) is 22.8 Å². The molecule has 0 N–H and O–H groups in total. The Morgan fingerprint density at radius 3 is 2.43 bits per heavy atom. The normalized spacial score (nSPS) is 14.6. The van der Waals surface area contributed by atoms with Gasteiger partial charge in [-0.25, -0.2) is 9.97 Å². The van der Waals surface area contributed by atoms with E-state index in [4.69, 9.17) is 4.42 Å². The maximum atomic E-state index is 12.6. The van der Waals surface area contributed by atoms with Crippen molar-refractivity contribution >= 4 is 5.82 Å². The van der Waals surface area contributed by atoms with Crippen LogP contribution in [0.4, 0.5) is 19.0 Å². The van der Waals surface area contributed by atoms with Gasteiger partial charge in [0.05, 0.1) is 18.3 Å². The van der Waals surface area contributed by atoms with E-state index in [9.17, 15) is 18.0 Å². The van der Waals surface area contributed by atoms with Gasteiger partial charge in [0.2, 0.25) is 5.89 Å². The number of nitrogens with zero attached hydrogens (tertiary/aromatic N) is 5. The van der Waals surface area contributed by atoms with Gasteiger partial charge in [0, 0.05) is 50.2 Å². The van der Waals surface area contributed by atoms with Crippen LogP contribution in [-0.4, -0.2) is 59.0 Å². The zero-order chi connectivity index (χ0) is 26.0. The average Bonchev–Trinajstić information content (AvgIpc) is 3.36. The number of aromatic nitrogens is 3. The van der Waals surface area contributed by atoms with Gasteiger partial charge in [-0.3, -0.25) is 4.79 Å². The molecule has 1 saturated heterocycles. The highest BCUT2D eigenvalue weighted by atomic mass is 19.4. The van der Waals surface area contributed by atoms with Crippen LogP contribution in [0.3, 0.4) is 0 Å². The Hall–Kier alpha value is -4.12. The predicted molar refractivity (Wildman–Crippen MR) is 131 cm³/mol. The largest absolute Gasteiger partial charge is 0.573 e. The zero-order valence-electron chi connectivity index (χ0n) is 20.0. The topological polar surface area (TPSA) is 76.6 Å². The van der Waals surface area contributed by atoms with Crippen molar-refractivity contribution in [3.05, 3.63) is 83.0 Å². The maximum Gasteiger partial charge on any atom is 0.573 e. The van der Waals surface area contributed by atoms with Crippen molar-refractivity contribution in [3.63, 3.8) is 0 Å². The summed E-state index contributed by atoms with van der Waals surface area (Å²) in [7, 11) is 2.10. The summed E-state index contributed by atoms with van der Waals surface area (Å²) in [6, 6.07) is 12.3. The molecule has 0 spiro atoms. The van der Waals surface area contributed by atoms with Gasteiger partial charge in [0.25, 0.3) is 5.56 Å². The van der Waals surface area contributed by atoms with Crippen LogP contribution in [-0.2, 0) is 6.54 Å². The summed E-state index contributed by atoms with van der Waals surface area (Å²) < 4.78 is 48.5. The highest BCUT2D eigenvalue weighted by Gasteiger charge is 2.31. The molecule has 1 aliphatic heterocycles. The summed E-state index contributed by atoms with van der Waals surface area (Å²) >= 11 is 0. The van der Waals surface area contributed by atoms with E-state index in [1.165, 1.54) is 36.5 Å². The number of benzene rings is 1. The lowest BCUT2D eigenvalue weighted by Crippen LogP contribution is -2.44. The molecule has 8 nitrogen and oxygen atoms in total. The number of hydrogen-bond acceptors (Lipinski definition) is 7. The van der Waals surface area contributed by atoms with Crippen LogP contribution in [0.2, 0.25) is 0 Å². The number of piperazine rings is 1. The summed E-state index contributed by atoms with van der Waals surface area (Å²) in [4.78, 5) is 25.9. The van der Waals surface area contributed by atoms with Crippen molar-refractivity contribution < 1.29 is 22.3 Å². The smallest absolute Gasteiger partial charge is 0.436 e. The Morgan fingerprint density at radius 1 is 0.973 bits per heavy atom. The van der Waals surface area contributed by atoms with Gasteiger partial charge < -0.3 is 23.5 Å². The first-order chi connectivity index (χ1) is 17.7. The Morgan fingerprint density at radius 2 is 1.70 bits per heavy atom. The number of oxazole rings is 1. The van der Waals surface area contributed by atoms with E-state index < -0.39 is 6.36 Å². The third kappa shape index (κ3) is 6.00. The summed E-state index contributed by atoms with van der Waals surface area (Å²) in [5, 5.41) is 0. The summed E-state index contributed by atoms with van der Waals surface area (Å²) in [6.45, 7) is 4.08. The standard InChI is InChI=1S/C26H24F3N5O3/c1-32-10-12-33(13-11-32)23-14-18(8-9-30-23)16-34-17-20(4-7-24(34)35)25-31-15-22(36-25)19-2-5-21(6-3-19)37-26(27,28)29/h2-9,14-15,17H,10-13,16H2,1H3. The van der Waals surface area contributed by atoms with Crippen LogP contribution in [0.15, 0.2) is 76.3 Å². The van der Waals surface area contributed by atoms with Crippen molar-refractivity contribution in [2.75, 3.05) is 38.1 Å². The van der Waals surface area contributed by atoms with Crippen molar-refractivity contribution in [3.8, 4) is 28.5 Å². The van der Waals surface area contributed by atoms with E-state index in [1.54, 1.807) is 23.0 Å². The molecule has 0 unspecified atom stereocenters. The molecule has 11 heteroatoms. The van der Waals surface area contributed by atoms with Crippen molar-refractivity contribution in [1.82, 2.24) is 19.4 Å². The van der Waals surface area contributed by atoms with Crippen LogP contribution >= 0.6 is 0 Å². The second kappa shape index (κ2) is 10.1. The van der Waals surface area contributed by atoms with Gasteiger partial charge >= 0.3 is 6.36 Å². The molecule has 1 aromatic carbocycles. The molecule has 0 atom stereocenters. The minimum Gasteiger partial charge on any atom is -0.436 e. The lowest BCUT2D eigenvalue weighted by molar-refractivity contribution is -0.274. The maximum absolute atomic E-state index is 12.6. The second-order valence-electron chi connectivity index (χ2n) is 8.80. The molecule has 1 aliphatic rings. The van der Waals surface area contributed by atoms with E-state index >= 15 is 0 Å². The van der Waals surface area contributed by atoms with Gasteiger partial charge in [-0.05, 0) is 55.1 Å². The molecule has 1 fully saturated rings. The van der Waals surface area contributed by atoms with Gasteiger partial charge in [0.15, 0.2) is 5.76 Å². The summed E-state index contributed by atoms with van der Waals surface area (Å²) in [5.41, 5.74) is 1.90. The first kappa shape index (κ1) is 24.6. The zero-order valence-corrected chi connectivity index (χ0v) is 20.0. The number of rotatable bonds is 6. The highest BCUT2D eigenvalue weighted by molar-refractivity contribution is 5.61. The van der Waals surface area contributed by atoms with Gasteiger partial charge in [-0.15, -0.1) is 13.2 Å². The molecular formula is C26H24F3N5O3. The number of likely N-dealkylation sites (N-methyl/N-ethyl adjacent to an activating group) is 1. The molecule has 5 rings (SSSR count). The monoisotopic (exact) mass is 511 g/mol. The molecule has 4 aromatic rings. The number of pyridine rings is 2. The Bertz CT molecular complexity index is 1420. The van der Waals surface area contributed by atoms with Crippen molar-refractivity contribution in [2.24, 2.45) is 0 Å². The van der Waals surface area contributed by atoms with Gasteiger partial charge in [-0.1, -0.05) is 0 Å². The molecule has 192 valence electrons. The quantitative estimate of drug-likeness (QED) is 0.383. The van der Waals surface area contributed by atoms with E-state index in [0.29, 0.717) is 23.4 Å². The number of anilines is 1. The fourth-order valence-electron chi connectivity index (χ4n) is 4.11. The SMILES string of the molecule is CN1CCN(c2cc(Cn3cc(-c4ncc(-c5ccc(OC(F)(F)F)cc5)o4)ccc3=O)ccn2)CC1. The minimum atomic E-state index is -4.76. The van der Waals surface area contributed by atoms with E-state index in [0.717, 1.165) is 37.6 Å². The molecule has 0 amide bonds. The Balaban J connectivity index is 1.33. The van der Waals surface area contributed by atoms with Gasteiger partial charge in [-0.2, -0.15) is 0 Å². The number of alkyl halides is 3. The van der Waals surface area contributed by atoms with Crippen LogP contribution in [0.5, 0.6) is 5.75 Å². The molecule has 3 aromatic heterocycles. The molecule has 0 bridgehead atoms. The number of hydrogen-bond donors (Lipinski definition) is 0. The van der Waals surface area contributed by atoms with E-state index in [-0.39, 0.29) is 17.2 Å². The fraction of sp³-hybridized carbons (Fsp3) is 0.269. The molecule has 37 heavy (non-hydrogen) atoms. The lowest BCUT2D eigenvalue weighted by atomic mass is 10.2. The van der Waals surface area contributed by atoms with Crippen LogP contribution in [0.1, 0.15) is 5.56 Å². The molecule has 4 heterocycles. The number of halogens is 3. The molecular weight excluding hydrogens is 487 g/mol. The van der Waals surface area contributed by atoms with Crippen LogP contribution in [0, 0.1) is 0 Å². The van der Waals surface area contributed by atoms with Gasteiger partial charge in [0.1, 0.15) is 11.6 Å². The molecule has 0 radical (unpaired) electrons. The lowest BCUT2D eigenvalue weighted by Gasteiger charge is -2.33. The van der Waals surface area contributed by atoms with Crippen LogP contribution < -0.4 is 15.2 Å². The minimum absolute atomic E-state index is 0.172. The summed E-state index contributed by atoms with van der Waals surface area (Å²) in [6.07, 6.45) is 0.152. The van der Waals surface area contributed by atoms with Crippen molar-refractivity contribution in [2.45, 2.75) is 12.9 Å². The average molecular weight is 512 g/mol. The van der Waals surface area contributed by atoms with E-state index in [2.05, 4.69) is 31.6 Å². The molecule has 0 aliphatic carbocycles. The third-order valence-corrected chi connectivity index (χ3v) is 6.10. The fourth-order valence-corrected chi connectivity index (χ4v) is 4.11. The highest BCUT2D eigenvalue weighted by Crippen LogP contribution is 2.29. The predicted octanol–water partition coefficient (Wildman–Crippen LogP) is 4.26. The first-order valence-electron chi connectivity index (χ1n) is 11.6.